The fraction of sp³-hybridized carbons (Fsp3) is 0. The molecule has 0 saturated carbocycles. The van der Waals surface area contributed by atoms with Crippen LogP contribution < -0.4 is 0 Å². The van der Waals surface area contributed by atoms with E-state index in [0.717, 1.165) is 18.2 Å². The molecule has 0 atom stereocenters. The van der Waals surface area contributed by atoms with Gasteiger partial charge in [0.05, 0.1) is 0 Å². The maximum Gasteiger partial charge on any atom is 0.502 e. The monoisotopic (exact) mass is 267 g/mol. The van der Waals surface area contributed by atoms with E-state index in [-0.39, 0.29) is 5.98 Å². The van der Waals surface area contributed by atoms with Crippen LogP contribution in [0.2, 0.25) is 0 Å². The molecule has 0 saturated heterocycles. The first-order chi connectivity index (χ1) is 6.38. The molecule has 0 N–H and O–H groups in total. The van der Waals surface area contributed by atoms with Crippen LogP contribution in [0.3, 0.4) is 0 Å². The molecule has 14 heavy (non-hydrogen) atoms. The molecule has 0 aromatic heterocycles. The highest BCUT2D eigenvalue weighted by atomic mass is 79.9. The molecule has 0 bridgehead atoms. The van der Waals surface area contributed by atoms with Crippen LogP contribution in [-0.4, -0.2) is 6.98 Å². The van der Waals surface area contributed by atoms with Crippen molar-refractivity contribution in [3.8, 4) is 0 Å². The van der Waals surface area contributed by atoms with Crippen LogP contribution in [0.5, 0.6) is 0 Å². The summed E-state index contributed by atoms with van der Waals surface area (Å²) in [5.74, 6) is -0.329. The van der Waals surface area contributed by atoms with Crippen LogP contribution in [0.25, 0.3) is 6.08 Å². The van der Waals surface area contributed by atoms with Gasteiger partial charge in [-0.25, -0.2) is 4.39 Å². The Hall–Kier alpha value is -0.775. The molecule has 0 fully saturated rings. The molecule has 76 valence electrons. The zero-order chi connectivity index (χ0) is 10.8. The quantitative estimate of drug-likeness (QED) is 0.562. The highest BCUT2D eigenvalue weighted by molar-refractivity contribution is 9.10. The second-order valence-electron chi connectivity index (χ2n) is 2.65. The van der Waals surface area contributed by atoms with Crippen molar-refractivity contribution in [2.75, 3.05) is 0 Å². The van der Waals surface area contributed by atoms with Gasteiger partial charge < -0.3 is 12.9 Å². The van der Waals surface area contributed by atoms with E-state index in [9.17, 15) is 17.3 Å². The van der Waals surface area contributed by atoms with Crippen LogP contribution >= 0.6 is 15.9 Å². The number of hydrogen-bond donors (Lipinski definition) is 0. The summed E-state index contributed by atoms with van der Waals surface area (Å²) in [5.41, 5.74) is 0.297. The van der Waals surface area contributed by atoms with Crippen LogP contribution in [-0.2, 0) is 0 Å². The Morgan fingerprint density at radius 2 is 1.86 bits per heavy atom. The minimum Gasteiger partial charge on any atom is -0.445 e. The first kappa shape index (κ1) is 11.3. The Balaban J connectivity index is 2.93. The lowest BCUT2D eigenvalue weighted by molar-refractivity contribution is 0.499. The molecule has 1 aromatic carbocycles. The lowest BCUT2D eigenvalue weighted by Crippen LogP contribution is -2.09. The molecule has 0 heterocycles. The lowest BCUT2D eigenvalue weighted by Gasteiger charge is -2.06. The second kappa shape index (κ2) is 4.17. The van der Waals surface area contributed by atoms with E-state index >= 15 is 0 Å². The molecule has 0 aliphatic carbocycles. The summed E-state index contributed by atoms with van der Waals surface area (Å²) in [6.45, 7) is -4.95. The fourth-order valence-corrected chi connectivity index (χ4v) is 1.33. The smallest absolute Gasteiger partial charge is 0.445 e. The largest absolute Gasteiger partial charge is 0.502 e. The summed E-state index contributed by atoms with van der Waals surface area (Å²) in [6.07, 6.45) is 0.906. The molecule has 1 aromatic rings. The SMILES string of the molecule is Fc1ccc(/C=C/[B-](F)(F)F)c(Br)c1. The number of halogens is 5. The molecule has 0 amide bonds. The van der Waals surface area contributed by atoms with Crippen molar-refractivity contribution < 1.29 is 17.3 Å². The van der Waals surface area contributed by atoms with Gasteiger partial charge in [-0.3, -0.25) is 0 Å². The van der Waals surface area contributed by atoms with Crippen molar-refractivity contribution in [1.29, 1.82) is 0 Å². The molecule has 1 rings (SSSR count). The molecular formula is C8H5BBrF4-. The normalized spacial score (nSPS) is 12.4. The fourth-order valence-electron chi connectivity index (χ4n) is 0.849. The summed E-state index contributed by atoms with van der Waals surface area (Å²) in [4.78, 5) is 0. The minimum absolute atomic E-state index is 0.165. The van der Waals surface area contributed by atoms with Gasteiger partial charge in [0.1, 0.15) is 5.82 Å². The van der Waals surface area contributed by atoms with Crippen LogP contribution in [0.4, 0.5) is 17.3 Å². The molecule has 0 aliphatic rings. The van der Waals surface area contributed by atoms with Gasteiger partial charge in [0.15, 0.2) is 0 Å². The average Bonchev–Trinajstić information content (AvgIpc) is 2.00. The third-order valence-corrected chi connectivity index (χ3v) is 2.14. The van der Waals surface area contributed by atoms with E-state index in [1.807, 2.05) is 0 Å². The zero-order valence-corrected chi connectivity index (χ0v) is 8.44. The third kappa shape index (κ3) is 3.53. The lowest BCUT2D eigenvalue weighted by atomic mass is 9.91. The molecule has 0 spiro atoms. The maximum absolute atomic E-state index is 12.5. The highest BCUT2D eigenvalue weighted by Crippen LogP contribution is 2.21. The molecule has 0 unspecified atom stereocenters. The van der Waals surface area contributed by atoms with E-state index < -0.39 is 12.8 Å². The van der Waals surface area contributed by atoms with Gasteiger partial charge in [0.25, 0.3) is 0 Å². The van der Waals surface area contributed by atoms with Crippen LogP contribution in [0, 0.1) is 5.82 Å². The third-order valence-electron chi connectivity index (χ3n) is 1.46. The summed E-state index contributed by atoms with van der Waals surface area (Å²) >= 11 is 2.96. The standard InChI is InChI=1S/C8H5BBrF4/c10-8-5-7(11)2-1-6(8)3-4-9(12,13)14/h1-5H/q-1/b4-3+. The van der Waals surface area contributed by atoms with E-state index in [0.29, 0.717) is 10.0 Å². The van der Waals surface area contributed by atoms with E-state index in [2.05, 4.69) is 15.9 Å². The Labute approximate surface area is 86.8 Å². The predicted octanol–water partition coefficient (Wildman–Crippen LogP) is 3.99. The maximum atomic E-state index is 12.5. The van der Waals surface area contributed by atoms with Gasteiger partial charge >= 0.3 is 6.98 Å². The van der Waals surface area contributed by atoms with Gasteiger partial charge in [0.2, 0.25) is 0 Å². The Bertz CT molecular complexity index is 359. The summed E-state index contributed by atoms with van der Waals surface area (Å²) in [5, 5.41) is 0. The molecule has 0 radical (unpaired) electrons. The Morgan fingerprint density at radius 3 is 2.36 bits per heavy atom. The van der Waals surface area contributed by atoms with Gasteiger partial charge in [-0.05, 0) is 17.7 Å². The van der Waals surface area contributed by atoms with E-state index in [1.165, 1.54) is 6.07 Å². The van der Waals surface area contributed by atoms with Gasteiger partial charge in [-0.15, -0.1) is 5.98 Å². The Kier molecular flexibility index (Phi) is 3.36. The van der Waals surface area contributed by atoms with Crippen molar-refractivity contribution >= 4 is 29.0 Å². The number of hydrogen-bond acceptors (Lipinski definition) is 0. The molecule has 6 heteroatoms. The number of rotatable bonds is 2. The topological polar surface area (TPSA) is 0 Å². The van der Waals surface area contributed by atoms with Gasteiger partial charge in [0, 0.05) is 4.47 Å². The van der Waals surface area contributed by atoms with Crippen molar-refractivity contribution in [3.63, 3.8) is 0 Å². The molecule has 0 aliphatic heterocycles. The minimum atomic E-state index is -4.95. The Morgan fingerprint density at radius 1 is 1.21 bits per heavy atom. The van der Waals surface area contributed by atoms with E-state index in [1.54, 1.807) is 0 Å². The zero-order valence-electron chi connectivity index (χ0n) is 6.85. The van der Waals surface area contributed by atoms with Crippen LogP contribution in [0.1, 0.15) is 5.56 Å². The van der Waals surface area contributed by atoms with E-state index in [4.69, 9.17) is 0 Å². The van der Waals surface area contributed by atoms with Crippen LogP contribution in [0.15, 0.2) is 28.6 Å². The van der Waals surface area contributed by atoms with Crippen molar-refractivity contribution in [1.82, 2.24) is 0 Å². The first-order valence-corrected chi connectivity index (χ1v) is 4.52. The summed E-state index contributed by atoms with van der Waals surface area (Å²) in [7, 11) is 0. The summed E-state index contributed by atoms with van der Waals surface area (Å²) < 4.78 is 48.4. The van der Waals surface area contributed by atoms with Gasteiger partial charge in [-0.1, -0.05) is 28.1 Å². The van der Waals surface area contributed by atoms with Crippen molar-refractivity contribution in [2.45, 2.75) is 0 Å². The second-order valence-corrected chi connectivity index (χ2v) is 3.50. The number of benzene rings is 1. The summed E-state index contributed by atoms with van der Waals surface area (Å²) in [6, 6.07) is 3.49. The predicted molar refractivity (Wildman–Crippen MR) is 52.2 cm³/mol. The highest BCUT2D eigenvalue weighted by Gasteiger charge is 2.17. The average molecular weight is 268 g/mol. The van der Waals surface area contributed by atoms with Gasteiger partial charge in [-0.2, -0.15) is 0 Å². The van der Waals surface area contributed by atoms with Crippen molar-refractivity contribution in [3.05, 3.63) is 40.0 Å². The first-order valence-electron chi connectivity index (χ1n) is 3.73. The molecular weight excluding hydrogens is 263 g/mol. The molecule has 0 nitrogen and oxygen atoms in total. The van der Waals surface area contributed by atoms with Crippen molar-refractivity contribution in [2.24, 2.45) is 0 Å².